The fraction of sp³-hybridized carbons (Fsp3) is 0.273. The van der Waals surface area contributed by atoms with E-state index in [-0.39, 0.29) is 24.1 Å². The van der Waals surface area contributed by atoms with Gasteiger partial charge in [0.1, 0.15) is 0 Å². The molecule has 1 atom stereocenters. The highest BCUT2D eigenvalue weighted by molar-refractivity contribution is 6.03. The molecule has 1 aliphatic heterocycles. The molecule has 7 heteroatoms. The fourth-order valence-corrected chi connectivity index (χ4v) is 3.34. The Morgan fingerprint density at radius 3 is 2.52 bits per heavy atom. The predicted molar refractivity (Wildman–Crippen MR) is 109 cm³/mol. The Labute approximate surface area is 169 Å². The van der Waals surface area contributed by atoms with E-state index in [0.29, 0.717) is 29.1 Å². The van der Waals surface area contributed by atoms with Crippen LogP contribution in [0.1, 0.15) is 32.4 Å². The van der Waals surface area contributed by atoms with Crippen LogP contribution in [-0.2, 0) is 9.53 Å². The lowest BCUT2D eigenvalue weighted by molar-refractivity contribution is -0.139. The van der Waals surface area contributed by atoms with Crippen LogP contribution >= 0.6 is 0 Å². The molecule has 0 bridgehead atoms. The standard InChI is InChI=1S/C22H24N2O5/c1-4-28-18-13-15(11-12-17(18)25)20-19(21(26)29-5-2)14(3)24(22(27)23-20)16-9-7-6-8-10-16/h6-13,20,25H,4-5H2,1-3H3,(H,23,27)/t20-/m1/s1. The maximum atomic E-state index is 12.9. The minimum Gasteiger partial charge on any atom is -0.504 e. The van der Waals surface area contributed by atoms with Crippen LogP contribution in [-0.4, -0.2) is 30.3 Å². The van der Waals surface area contributed by atoms with Crippen LogP contribution in [0, 0.1) is 0 Å². The van der Waals surface area contributed by atoms with E-state index in [2.05, 4.69) is 5.32 Å². The second kappa shape index (κ2) is 8.68. The smallest absolute Gasteiger partial charge is 0.338 e. The number of amides is 2. The Balaban J connectivity index is 2.12. The van der Waals surface area contributed by atoms with Gasteiger partial charge in [0.05, 0.1) is 30.5 Å². The summed E-state index contributed by atoms with van der Waals surface area (Å²) in [6.45, 7) is 5.83. The van der Waals surface area contributed by atoms with Crippen molar-refractivity contribution >= 4 is 17.7 Å². The monoisotopic (exact) mass is 396 g/mol. The van der Waals surface area contributed by atoms with Crippen LogP contribution in [0.4, 0.5) is 10.5 Å². The second-order valence-electron chi connectivity index (χ2n) is 6.43. The highest BCUT2D eigenvalue weighted by Gasteiger charge is 2.37. The van der Waals surface area contributed by atoms with Gasteiger partial charge in [-0.1, -0.05) is 24.3 Å². The third-order valence-electron chi connectivity index (χ3n) is 4.61. The summed E-state index contributed by atoms with van der Waals surface area (Å²) < 4.78 is 10.7. The maximum absolute atomic E-state index is 12.9. The minimum atomic E-state index is -0.735. The van der Waals surface area contributed by atoms with Crippen molar-refractivity contribution in [3.63, 3.8) is 0 Å². The van der Waals surface area contributed by atoms with Gasteiger partial charge in [-0.15, -0.1) is 0 Å². The molecule has 0 saturated heterocycles. The van der Waals surface area contributed by atoms with Crippen molar-refractivity contribution in [3.8, 4) is 11.5 Å². The van der Waals surface area contributed by atoms with E-state index in [1.165, 1.54) is 11.0 Å². The molecule has 1 heterocycles. The molecular formula is C22H24N2O5. The topological polar surface area (TPSA) is 88.1 Å². The molecule has 0 spiro atoms. The number of anilines is 1. The zero-order valence-electron chi connectivity index (χ0n) is 16.6. The Hall–Kier alpha value is -3.48. The summed E-state index contributed by atoms with van der Waals surface area (Å²) >= 11 is 0. The molecule has 2 aromatic rings. The van der Waals surface area contributed by atoms with Gasteiger partial charge in [0.2, 0.25) is 0 Å². The number of carbonyl (C=O) groups is 2. The number of esters is 1. The highest BCUT2D eigenvalue weighted by atomic mass is 16.5. The average Bonchev–Trinajstić information content (AvgIpc) is 2.70. The highest BCUT2D eigenvalue weighted by Crippen LogP contribution is 2.37. The zero-order valence-corrected chi connectivity index (χ0v) is 16.6. The Bertz CT molecular complexity index is 939. The first-order valence-corrected chi connectivity index (χ1v) is 9.47. The largest absolute Gasteiger partial charge is 0.504 e. The Morgan fingerprint density at radius 1 is 1.14 bits per heavy atom. The molecule has 0 unspecified atom stereocenters. The number of phenols is 1. The van der Waals surface area contributed by atoms with Gasteiger partial charge in [-0.2, -0.15) is 0 Å². The summed E-state index contributed by atoms with van der Waals surface area (Å²) in [5.74, 6) is -0.241. The number of nitrogens with one attached hydrogen (secondary N) is 1. The number of aromatic hydroxyl groups is 1. The van der Waals surface area contributed by atoms with Crippen LogP contribution in [0.15, 0.2) is 59.8 Å². The second-order valence-corrected chi connectivity index (χ2v) is 6.43. The van der Waals surface area contributed by atoms with Crippen LogP contribution in [0.25, 0.3) is 0 Å². The lowest BCUT2D eigenvalue weighted by Gasteiger charge is -2.35. The number of ether oxygens (including phenoxy) is 2. The number of hydrogen-bond acceptors (Lipinski definition) is 5. The van der Waals surface area contributed by atoms with E-state index in [1.807, 2.05) is 18.2 Å². The van der Waals surface area contributed by atoms with Crippen LogP contribution in [0.5, 0.6) is 11.5 Å². The number of para-hydroxylation sites is 1. The van der Waals surface area contributed by atoms with Crippen molar-refractivity contribution in [3.05, 3.63) is 65.4 Å². The number of allylic oxidation sites excluding steroid dienone is 1. The molecule has 29 heavy (non-hydrogen) atoms. The molecule has 2 N–H and O–H groups in total. The normalized spacial score (nSPS) is 16.4. The van der Waals surface area contributed by atoms with Crippen molar-refractivity contribution in [2.24, 2.45) is 0 Å². The minimum absolute atomic E-state index is 0.0120. The SMILES string of the molecule is CCOC(=O)C1=C(C)N(c2ccccc2)C(=O)N[C@@H]1c1ccc(O)c(OCC)c1. The molecule has 0 fully saturated rings. The number of urea groups is 1. The van der Waals surface area contributed by atoms with Gasteiger partial charge in [0.25, 0.3) is 0 Å². The number of nitrogens with zero attached hydrogens (tertiary/aromatic N) is 1. The van der Waals surface area contributed by atoms with Crippen LogP contribution in [0.2, 0.25) is 0 Å². The third-order valence-corrected chi connectivity index (χ3v) is 4.61. The number of rotatable bonds is 6. The van der Waals surface area contributed by atoms with Crippen molar-refractivity contribution in [2.75, 3.05) is 18.1 Å². The van der Waals surface area contributed by atoms with Crippen LogP contribution < -0.4 is 15.0 Å². The first-order valence-electron chi connectivity index (χ1n) is 9.47. The van der Waals surface area contributed by atoms with Crippen LogP contribution in [0.3, 0.4) is 0 Å². The first kappa shape index (κ1) is 20.3. The van der Waals surface area contributed by atoms with Gasteiger partial charge >= 0.3 is 12.0 Å². The third kappa shape index (κ3) is 4.03. The van der Waals surface area contributed by atoms with Gasteiger partial charge in [-0.05, 0) is 50.6 Å². The van der Waals surface area contributed by atoms with Crippen molar-refractivity contribution in [1.82, 2.24) is 5.32 Å². The first-order chi connectivity index (χ1) is 14.0. The van der Waals surface area contributed by atoms with E-state index in [0.717, 1.165) is 0 Å². The number of phenolic OH excluding ortho intramolecular Hbond substituents is 1. The summed E-state index contributed by atoms with van der Waals surface area (Å²) in [7, 11) is 0. The van der Waals surface area contributed by atoms with E-state index in [1.54, 1.807) is 45.0 Å². The molecule has 1 aliphatic rings. The molecule has 0 aliphatic carbocycles. The molecular weight excluding hydrogens is 372 g/mol. The van der Waals surface area contributed by atoms with Crippen molar-refractivity contribution in [1.29, 1.82) is 0 Å². The summed E-state index contributed by atoms with van der Waals surface area (Å²) in [5.41, 5.74) is 2.05. The lowest BCUT2D eigenvalue weighted by Crippen LogP contribution is -2.48. The summed E-state index contributed by atoms with van der Waals surface area (Å²) in [6.07, 6.45) is 0. The quantitative estimate of drug-likeness (QED) is 0.723. The molecule has 152 valence electrons. The number of hydrogen-bond donors (Lipinski definition) is 2. The van der Waals surface area contributed by atoms with E-state index in [4.69, 9.17) is 9.47 Å². The van der Waals surface area contributed by atoms with Gasteiger partial charge in [0, 0.05) is 5.70 Å². The number of carbonyl (C=O) groups excluding carboxylic acids is 2. The molecule has 2 aromatic carbocycles. The van der Waals surface area contributed by atoms with E-state index in [9.17, 15) is 14.7 Å². The molecule has 0 aromatic heterocycles. The van der Waals surface area contributed by atoms with E-state index < -0.39 is 12.0 Å². The molecule has 0 radical (unpaired) electrons. The average molecular weight is 396 g/mol. The molecule has 2 amide bonds. The Kier molecular flexibility index (Phi) is 6.07. The summed E-state index contributed by atoms with van der Waals surface area (Å²) in [5, 5.41) is 12.9. The molecule has 7 nitrogen and oxygen atoms in total. The predicted octanol–water partition coefficient (Wildman–Crippen LogP) is 3.90. The van der Waals surface area contributed by atoms with Crippen molar-refractivity contribution < 1.29 is 24.2 Å². The van der Waals surface area contributed by atoms with Gasteiger partial charge in [-0.25, -0.2) is 9.59 Å². The Morgan fingerprint density at radius 2 is 1.86 bits per heavy atom. The summed E-state index contributed by atoms with van der Waals surface area (Å²) in [6, 6.07) is 12.7. The van der Waals surface area contributed by atoms with Gasteiger partial charge in [-0.3, -0.25) is 4.90 Å². The number of benzene rings is 2. The van der Waals surface area contributed by atoms with Gasteiger partial charge < -0.3 is 19.9 Å². The molecule has 3 rings (SSSR count). The lowest BCUT2D eigenvalue weighted by atomic mass is 9.94. The fourth-order valence-electron chi connectivity index (χ4n) is 3.34. The maximum Gasteiger partial charge on any atom is 0.338 e. The summed E-state index contributed by atoms with van der Waals surface area (Å²) in [4.78, 5) is 27.2. The van der Waals surface area contributed by atoms with Crippen molar-refractivity contribution in [2.45, 2.75) is 26.8 Å². The molecule has 0 saturated carbocycles. The van der Waals surface area contributed by atoms with Gasteiger partial charge in [0.15, 0.2) is 11.5 Å². The van der Waals surface area contributed by atoms with E-state index >= 15 is 0 Å². The zero-order chi connectivity index (χ0) is 21.0.